The quantitative estimate of drug-likeness (QED) is 0.773. The molecular weight excluding hydrogens is 344 g/mol. The first kappa shape index (κ1) is 19.1. The highest BCUT2D eigenvalue weighted by molar-refractivity contribution is 7.89. The summed E-state index contributed by atoms with van der Waals surface area (Å²) in [5.74, 6) is 0.448. The molecule has 0 amide bonds. The molecule has 0 aromatic heterocycles. The van der Waals surface area contributed by atoms with Gasteiger partial charge in [0.15, 0.2) is 0 Å². The van der Waals surface area contributed by atoms with Crippen LogP contribution in [-0.2, 0) is 10.0 Å². The van der Waals surface area contributed by atoms with Crippen LogP contribution in [0, 0.1) is 5.92 Å². The number of nitrogens with two attached hydrogens (primary N) is 1. The molecule has 0 bridgehead atoms. The van der Waals surface area contributed by atoms with E-state index in [1.165, 1.54) is 6.42 Å². The Morgan fingerprint density at radius 3 is 2.00 bits per heavy atom. The van der Waals surface area contributed by atoms with Crippen LogP contribution < -0.4 is 10.5 Å². The van der Waals surface area contributed by atoms with Gasteiger partial charge >= 0.3 is 0 Å². The van der Waals surface area contributed by atoms with Crippen LogP contribution in [0.4, 0.5) is 0 Å². The maximum atomic E-state index is 12.9. The molecular formula is C21H28N2O2S. The van der Waals surface area contributed by atoms with E-state index in [1.54, 1.807) is 0 Å². The molecule has 0 saturated heterocycles. The first-order valence-electron chi connectivity index (χ1n) is 9.40. The molecule has 4 nitrogen and oxygen atoms in total. The van der Waals surface area contributed by atoms with Crippen molar-refractivity contribution in [1.82, 2.24) is 4.72 Å². The maximum Gasteiger partial charge on any atom is 0.212 e. The van der Waals surface area contributed by atoms with Crippen LogP contribution >= 0.6 is 0 Å². The standard InChI is InChI=1S/C21H28N2O2S/c22-20(18-12-6-2-7-13-18)21(19-14-8-3-9-15-19)23-26(24,25)16-17-10-4-1-5-11-17/h2-3,6-9,12-15,17,20-21,23H,1,4-5,10-11,16,22H2. The summed E-state index contributed by atoms with van der Waals surface area (Å²) >= 11 is 0. The zero-order valence-electron chi connectivity index (χ0n) is 15.1. The summed E-state index contributed by atoms with van der Waals surface area (Å²) in [6, 6.07) is 18.3. The highest BCUT2D eigenvalue weighted by Gasteiger charge is 2.28. The Labute approximate surface area is 156 Å². The van der Waals surface area contributed by atoms with E-state index in [-0.39, 0.29) is 11.7 Å². The Morgan fingerprint density at radius 1 is 0.885 bits per heavy atom. The molecule has 3 N–H and O–H groups in total. The normalized spacial score (nSPS) is 18.3. The molecule has 5 heteroatoms. The number of nitrogens with one attached hydrogen (secondary N) is 1. The maximum absolute atomic E-state index is 12.9. The summed E-state index contributed by atoms with van der Waals surface area (Å²) in [6.45, 7) is 0. The van der Waals surface area contributed by atoms with Crippen molar-refractivity contribution in [2.24, 2.45) is 11.7 Å². The second kappa shape index (κ2) is 8.80. The third-order valence-electron chi connectivity index (χ3n) is 5.19. The molecule has 140 valence electrons. The van der Waals surface area contributed by atoms with Gasteiger partial charge in [-0.05, 0) is 29.9 Å². The van der Waals surface area contributed by atoms with Gasteiger partial charge in [-0.1, -0.05) is 79.9 Å². The Morgan fingerprint density at radius 2 is 1.42 bits per heavy atom. The van der Waals surface area contributed by atoms with Gasteiger partial charge < -0.3 is 5.73 Å². The van der Waals surface area contributed by atoms with Gasteiger partial charge in [-0.25, -0.2) is 13.1 Å². The van der Waals surface area contributed by atoms with Crippen molar-refractivity contribution in [3.8, 4) is 0 Å². The first-order valence-corrected chi connectivity index (χ1v) is 11.1. The van der Waals surface area contributed by atoms with Crippen LogP contribution in [0.3, 0.4) is 0 Å². The van der Waals surface area contributed by atoms with Gasteiger partial charge in [0, 0.05) is 0 Å². The Hall–Kier alpha value is -1.69. The average Bonchev–Trinajstić information content (AvgIpc) is 2.67. The molecule has 2 atom stereocenters. The Bertz CT molecular complexity index is 772. The van der Waals surface area contributed by atoms with Gasteiger partial charge in [0.05, 0.1) is 17.8 Å². The number of benzene rings is 2. The lowest BCUT2D eigenvalue weighted by atomic mass is 9.91. The molecule has 26 heavy (non-hydrogen) atoms. The number of hydrogen-bond donors (Lipinski definition) is 2. The lowest BCUT2D eigenvalue weighted by Gasteiger charge is -2.28. The monoisotopic (exact) mass is 372 g/mol. The van der Waals surface area contributed by atoms with E-state index in [4.69, 9.17) is 5.73 Å². The Balaban J connectivity index is 1.81. The first-order chi connectivity index (χ1) is 12.6. The number of rotatable bonds is 7. The average molecular weight is 373 g/mol. The summed E-state index contributed by atoms with van der Waals surface area (Å²) in [7, 11) is -3.41. The Kier molecular flexibility index (Phi) is 6.46. The van der Waals surface area contributed by atoms with E-state index >= 15 is 0 Å². The van der Waals surface area contributed by atoms with E-state index in [9.17, 15) is 8.42 Å². The third kappa shape index (κ3) is 5.16. The van der Waals surface area contributed by atoms with Crippen LogP contribution in [0.2, 0.25) is 0 Å². The van der Waals surface area contributed by atoms with Crippen molar-refractivity contribution in [2.75, 3.05) is 5.75 Å². The van der Waals surface area contributed by atoms with Gasteiger partial charge in [0.1, 0.15) is 0 Å². The van der Waals surface area contributed by atoms with Crippen LogP contribution in [0.5, 0.6) is 0 Å². The minimum absolute atomic E-state index is 0.192. The summed E-state index contributed by atoms with van der Waals surface area (Å²) < 4.78 is 28.6. The number of hydrogen-bond acceptors (Lipinski definition) is 3. The zero-order valence-corrected chi connectivity index (χ0v) is 15.9. The van der Waals surface area contributed by atoms with Gasteiger partial charge in [-0.15, -0.1) is 0 Å². The molecule has 1 fully saturated rings. The van der Waals surface area contributed by atoms with E-state index < -0.39 is 22.1 Å². The van der Waals surface area contributed by atoms with Crippen molar-refractivity contribution in [2.45, 2.75) is 44.2 Å². The molecule has 1 aliphatic rings. The highest BCUT2D eigenvalue weighted by Crippen LogP contribution is 2.29. The van der Waals surface area contributed by atoms with Crippen LogP contribution in [0.1, 0.15) is 55.3 Å². The van der Waals surface area contributed by atoms with E-state index in [0.29, 0.717) is 0 Å². The molecule has 2 aromatic rings. The van der Waals surface area contributed by atoms with Crippen molar-refractivity contribution < 1.29 is 8.42 Å². The molecule has 3 rings (SSSR count). The minimum Gasteiger partial charge on any atom is -0.322 e. The van der Waals surface area contributed by atoms with Gasteiger partial charge in [0.2, 0.25) is 10.0 Å². The van der Waals surface area contributed by atoms with Crippen molar-refractivity contribution >= 4 is 10.0 Å². The second-order valence-corrected chi connectivity index (χ2v) is 9.03. The molecule has 2 unspecified atom stereocenters. The molecule has 0 spiro atoms. The van der Waals surface area contributed by atoms with Gasteiger partial charge in [0.25, 0.3) is 0 Å². The lowest BCUT2D eigenvalue weighted by molar-refractivity contribution is 0.382. The van der Waals surface area contributed by atoms with Crippen molar-refractivity contribution in [3.05, 3.63) is 71.8 Å². The highest BCUT2D eigenvalue weighted by atomic mass is 32.2. The zero-order chi connectivity index (χ0) is 18.4. The minimum atomic E-state index is -3.41. The molecule has 1 saturated carbocycles. The molecule has 0 heterocycles. The largest absolute Gasteiger partial charge is 0.322 e. The summed E-state index contributed by atoms with van der Waals surface area (Å²) in [4.78, 5) is 0. The van der Waals surface area contributed by atoms with E-state index in [1.807, 2.05) is 60.7 Å². The third-order valence-corrected chi connectivity index (χ3v) is 6.71. The molecule has 2 aromatic carbocycles. The number of sulfonamides is 1. The van der Waals surface area contributed by atoms with E-state index in [0.717, 1.165) is 36.8 Å². The SMILES string of the molecule is NC(c1ccccc1)C(NS(=O)(=O)CC1CCCCC1)c1ccccc1. The van der Waals surface area contributed by atoms with Crippen LogP contribution in [-0.4, -0.2) is 14.2 Å². The van der Waals surface area contributed by atoms with E-state index in [2.05, 4.69) is 4.72 Å². The molecule has 0 aliphatic heterocycles. The summed E-state index contributed by atoms with van der Waals surface area (Å²) in [6.07, 6.45) is 5.48. The molecule has 0 radical (unpaired) electrons. The predicted molar refractivity (Wildman–Crippen MR) is 106 cm³/mol. The van der Waals surface area contributed by atoms with Crippen molar-refractivity contribution in [1.29, 1.82) is 0 Å². The molecule has 1 aliphatic carbocycles. The lowest BCUT2D eigenvalue weighted by Crippen LogP contribution is -2.38. The smallest absolute Gasteiger partial charge is 0.212 e. The van der Waals surface area contributed by atoms with Crippen molar-refractivity contribution in [3.63, 3.8) is 0 Å². The second-order valence-electron chi connectivity index (χ2n) is 7.23. The summed E-state index contributed by atoms with van der Waals surface area (Å²) in [5.41, 5.74) is 8.29. The van der Waals surface area contributed by atoms with Gasteiger partial charge in [-0.2, -0.15) is 0 Å². The summed E-state index contributed by atoms with van der Waals surface area (Å²) in [5, 5.41) is 0. The topological polar surface area (TPSA) is 72.2 Å². The predicted octanol–water partition coefficient (Wildman–Crippen LogP) is 3.93. The van der Waals surface area contributed by atoms with Crippen LogP contribution in [0.15, 0.2) is 60.7 Å². The van der Waals surface area contributed by atoms with Crippen LogP contribution in [0.25, 0.3) is 0 Å². The fourth-order valence-electron chi connectivity index (χ4n) is 3.78. The van der Waals surface area contributed by atoms with Gasteiger partial charge in [-0.3, -0.25) is 0 Å². The fraction of sp³-hybridized carbons (Fsp3) is 0.429. The fourth-order valence-corrected chi connectivity index (χ4v) is 5.50.